The number of nitro benzene ring substituents is 1. The monoisotopic (exact) mass is 423 g/mol. The van der Waals surface area contributed by atoms with Crippen LogP contribution in [-0.4, -0.2) is 37.8 Å². The van der Waals surface area contributed by atoms with Crippen LogP contribution < -0.4 is 10.1 Å². The summed E-state index contributed by atoms with van der Waals surface area (Å²) in [7, 11) is -2.24. The molecule has 1 heterocycles. The number of hydrogen-bond donors (Lipinski definition) is 1. The zero-order valence-corrected chi connectivity index (χ0v) is 16.7. The van der Waals surface area contributed by atoms with E-state index in [2.05, 4.69) is 5.32 Å². The van der Waals surface area contributed by atoms with Crippen LogP contribution in [0.5, 0.6) is 5.75 Å². The van der Waals surface area contributed by atoms with Crippen molar-refractivity contribution in [1.82, 2.24) is 4.31 Å². The van der Waals surface area contributed by atoms with Gasteiger partial charge >= 0.3 is 0 Å². The second kappa shape index (κ2) is 8.75. The van der Waals surface area contributed by atoms with E-state index in [0.29, 0.717) is 13.1 Å². The minimum absolute atomic E-state index is 0.110. The fourth-order valence-electron chi connectivity index (χ4n) is 3.22. The van der Waals surface area contributed by atoms with Crippen LogP contribution in [0.1, 0.15) is 24.8 Å². The third-order valence-corrected chi connectivity index (χ3v) is 6.74. The molecule has 0 aliphatic carbocycles. The first kappa shape index (κ1) is 21.0. The number of nitro groups is 1. The number of hydrogen-bond acceptors (Lipinski definition) is 6. The molecule has 1 aliphatic heterocycles. The highest BCUT2D eigenvalue weighted by Gasteiger charge is 2.25. The molecule has 1 saturated heterocycles. The Labute approximate surface area is 168 Å². The van der Waals surface area contributed by atoms with Crippen LogP contribution in [0.4, 0.5) is 15.8 Å². The first-order valence-electron chi connectivity index (χ1n) is 9.18. The van der Waals surface area contributed by atoms with Crippen LogP contribution in [0.15, 0.2) is 41.3 Å². The topological polar surface area (TPSA) is 102 Å². The number of sulfonamides is 1. The second-order valence-corrected chi connectivity index (χ2v) is 8.66. The molecule has 1 fully saturated rings. The van der Waals surface area contributed by atoms with E-state index in [-0.39, 0.29) is 22.9 Å². The number of ether oxygens (including phenoxy) is 1. The van der Waals surface area contributed by atoms with Gasteiger partial charge in [-0.15, -0.1) is 0 Å². The lowest BCUT2D eigenvalue weighted by Gasteiger charge is -2.25. The van der Waals surface area contributed by atoms with Gasteiger partial charge in [-0.2, -0.15) is 4.31 Å². The third kappa shape index (κ3) is 4.65. The maximum absolute atomic E-state index is 13.7. The molecule has 0 radical (unpaired) electrons. The van der Waals surface area contributed by atoms with Gasteiger partial charge in [0.05, 0.1) is 23.0 Å². The standard InChI is InChI=1S/C19H22FN3O5S/c1-28-19-12-17(18(23(24)25)11-16(19)20)21-13-14-5-7-15(8-6-14)29(26,27)22-9-3-2-4-10-22/h5-8,11-12,21H,2-4,9-10,13H2,1H3. The van der Waals surface area contributed by atoms with E-state index in [1.165, 1.54) is 29.6 Å². The van der Waals surface area contributed by atoms with Crippen molar-refractivity contribution >= 4 is 21.4 Å². The largest absolute Gasteiger partial charge is 0.494 e. The number of rotatable bonds is 7. The summed E-state index contributed by atoms with van der Waals surface area (Å²) in [5.74, 6) is -0.932. The lowest BCUT2D eigenvalue weighted by atomic mass is 10.2. The molecule has 3 rings (SSSR count). The number of nitrogens with one attached hydrogen (secondary N) is 1. The average molecular weight is 423 g/mol. The Morgan fingerprint density at radius 1 is 1.17 bits per heavy atom. The smallest absolute Gasteiger partial charge is 0.295 e. The summed E-state index contributed by atoms with van der Waals surface area (Å²) in [4.78, 5) is 10.7. The normalized spacial score (nSPS) is 15.1. The quantitative estimate of drug-likeness (QED) is 0.540. The van der Waals surface area contributed by atoms with Crippen molar-refractivity contribution in [2.45, 2.75) is 30.7 Å². The molecule has 0 saturated carbocycles. The molecular formula is C19H22FN3O5S. The number of anilines is 1. The molecule has 156 valence electrons. The van der Waals surface area contributed by atoms with Crippen LogP contribution in [0.3, 0.4) is 0 Å². The van der Waals surface area contributed by atoms with Gasteiger partial charge in [0.1, 0.15) is 5.69 Å². The van der Waals surface area contributed by atoms with Crippen LogP contribution in [-0.2, 0) is 16.6 Å². The number of benzene rings is 2. The first-order chi connectivity index (χ1) is 13.8. The van der Waals surface area contributed by atoms with E-state index in [9.17, 15) is 22.9 Å². The van der Waals surface area contributed by atoms with Crippen molar-refractivity contribution in [1.29, 1.82) is 0 Å². The predicted molar refractivity (Wildman–Crippen MR) is 106 cm³/mol. The fraction of sp³-hybridized carbons (Fsp3) is 0.368. The summed E-state index contributed by atoms with van der Waals surface area (Å²) >= 11 is 0. The Morgan fingerprint density at radius 3 is 2.41 bits per heavy atom. The summed E-state index contributed by atoms with van der Waals surface area (Å²) < 4.78 is 45.5. The zero-order valence-electron chi connectivity index (χ0n) is 15.9. The van der Waals surface area contributed by atoms with Gasteiger partial charge in [0.25, 0.3) is 5.69 Å². The lowest BCUT2D eigenvalue weighted by molar-refractivity contribution is -0.384. The predicted octanol–water partition coefficient (Wildman–Crippen LogP) is 3.53. The van der Waals surface area contributed by atoms with E-state index in [0.717, 1.165) is 30.9 Å². The molecule has 0 aromatic heterocycles. The third-order valence-electron chi connectivity index (χ3n) is 4.83. The molecule has 0 bridgehead atoms. The maximum Gasteiger partial charge on any atom is 0.295 e. The minimum atomic E-state index is -3.51. The van der Waals surface area contributed by atoms with Gasteiger partial charge in [0.15, 0.2) is 11.6 Å². The van der Waals surface area contributed by atoms with Gasteiger partial charge in [-0.3, -0.25) is 10.1 Å². The second-order valence-electron chi connectivity index (χ2n) is 6.72. The Hall–Kier alpha value is -2.72. The molecule has 0 unspecified atom stereocenters. The molecule has 8 nitrogen and oxygen atoms in total. The number of nitrogens with zero attached hydrogens (tertiary/aromatic N) is 2. The maximum atomic E-state index is 13.7. The summed E-state index contributed by atoms with van der Waals surface area (Å²) in [5, 5.41) is 14.1. The Morgan fingerprint density at radius 2 is 1.83 bits per heavy atom. The summed E-state index contributed by atoms with van der Waals surface area (Å²) in [6.07, 6.45) is 2.76. The highest BCUT2D eigenvalue weighted by atomic mass is 32.2. The number of halogens is 1. The molecule has 0 spiro atoms. The lowest BCUT2D eigenvalue weighted by Crippen LogP contribution is -2.35. The highest BCUT2D eigenvalue weighted by Crippen LogP contribution is 2.32. The van der Waals surface area contributed by atoms with Crippen molar-refractivity contribution in [3.8, 4) is 5.75 Å². The van der Waals surface area contributed by atoms with E-state index in [4.69, 9.17) is 4.74 Å². The Kier molecular flexibility index (Phi) is 6.33. The Balaban J connectivity index is 1.75. The molecular weight excluding hydrogens is 401 g/mol. The van der Waals surface area contributed by atoms with Crippen molar-refractivity contribution in [3.05, 3.63) is 57.9 Å². The summed E-state index contributed by atoms with van der Waals surface area (Å²) in [6.45, 7) is 1.25. The van der Waals surface area contributed by atoms with Gasteiger partial charge in [0.2, 0.25) is 10.0 Å². The van der Waals surface area contributed by atoms with Crippen LogP contribution in [0, 0.1) is 15.9 Å². The zero-order chi connectivity index (χ0) is 21.0. The van der Waals surface area contributed by atoms with Crippen molar-refractivity contribution < 1.29 is 22.5 Å². The number of methoxy groups -OCH3 is 1. The molecule has 0 amide bonds. The van der Waals surface area contributed by atoms with Crippen LogP contribution in [0.25, 0.3) is 0 Å². The van der Waals surface area contributed by atoms with E-state index < -0.39 is 26.5 Å². The molecule has 1 aliphatic rings. The molecule has 0 atom stereocenters. The molecule has 29 heavy (non-hydrogen) atoms. The van der Waals surface area contributed by atoms with Gasteiger partial charge in [0, 0.05) is 25.7 Å². The van der Waals surface area contributed by atoms with Gasteiger partial charge in [-0.1, -0.05) is 18.6 Å². The van der Waals surface area contributed by atoms with Crippen molar-refractivity contribution in [3.63, 3.8) is 0 Å². The van der Waals surface area contributed by atoms with Gasteiger partial charge < -0.3 is 10.1 Å². The Bertz CT molecular complexity index is 990. The minimum Gasteiger partial charge on any atom is -0.494 e. The molecule has 2 aromatic rings. The fourth-order valence-corrected chi connectivity index (χ4v) is 4.74. The van der Waals surface area contributed by atoms with Crippen molar-refractivity contribution in [2.75, 3.05) is 25.5 Å². The molecule has 1 N–H and O–H groups in total. The molecule has 2 aromatic carbocycles. The van der Waals surface area contributed by atoms with E-state index in [1.807, 2.05) is 0 Å². The summed E-state index contributed by atoms with van der Waals surface area (Å²) in [6, 6.07) is 8.38. The molecule has 10 heteroatoms. The van der Waals surface area contributed by atoms with Crippen molar-refractivity contribution in [2.24, 2.45) is 0 Å². The number of piperidine rings is 1. The first-order valence-corrected chi connectivity index (χ1v) is 10.6. The van der Waals surface area contributed by atoms with Crippen LogP contribution in [0.2, 0.25) is 0 Å². The van der Waals surface area contributed by atoms with E-state index in [1.54, 1.807) is 12.1 Å². The van der Waals surface area contributed by atoms with E-state index >= 15 is 0 Å². The highest BCUT2D eigenvalue weighted by molar-refractivity contribution is 7.89. The SMILES string of the molecule is COc1cc(NCc2ccc(S(=O)(=O)N3CCCCC3)cc2)c([N+](=O)[O-])cc1F. The summed E-state index contributed by atoms with van der Waals surface area (Å²) in [5.41, 5.74) is 0.422. The van der Waals surface area contributed by atoms with Gasteiger partial charge in [-0.25, -0.2) is 12.8 Å². The van der Waals surface area contributed by atoms with Gasteiger partial charge in [-0.05, 0) is 30.5 Å². The average Bonchev–Trinajstić information content (AvgIpc) is 2.73. The van der Waals surface area contributed by atoms with Crippen LogP contribution >= 0.6 is 0 Å².